The summed E-state index contributed by atoms with van der Waals surface area (Å²) >= 11 is 0. The summed E-state index contributed by atoms with van der Waals surface area (Å²) in [5, 5.41) is 16.7. The van der Waals surface area contributed by atoms with Crippen LogP contribution in [0, 0.1) is 0 Å². The maximum absolute atomic E-state index is 12.1. The van der Waals surface area contributed by atoms with Crippen LogP contribution in [0.25, 0.3) is 0 Å². The third kappa shape index (κ3) is 4.08. The molecule has 0 aliphatic rings. The van der Waals surface area contributed by atoms with Crippen molar-refractivity contribution in [2.45, 2.75) is 19.6 Å². The standard InChI is InChI=1S/C17H17N3O4/c21-7-6-14-9-20(19-18-14)10-15-8-16(22)17(12-23-15)24-11-13-4-2-1-3-5-13/h1-5,8-9,12,21H,6-7,10-11H2. The molecule has 24 heavy (non-hydrogen) atoms. The SMILES string of the molecule is O=c1cc(Cn2cc(CCO)nn2)occ1OCc1ccccc1. The van der Waals surface area contributed by atoms with Crippen LogP contribution < -0.4 is 10.2 Å². The molecule has 0 saturated heterocycles. The average molecular weight is 327 g/mol. The van der Waals surface area contributed by atoms with Gasteiger partial charge in [0.15, 0.2) is 0 Å². The Labute approximate surface area is 138 Å². The van der Waals surface area contributed by atoms with Crippen molar-refractivity contribution in [3.8, 4) is 5.75 Å². The van der Waals surface area contributed by atoms with Gasteiger partial charge in [-0.1, -0.05) is 35.5 Å². The molecule has 0 saturated carbocycles. The lowest BCUT2D eigenvalue weighted by Gasteiger charge is -2.06. The third-order valence-electron chi connectivity index (χ3n) is 3.36. The number of aromatic nitrogens is 3. The summed E-state index contributed by atoms with van der Waals surface area (Å²) in [5.74, 6) is 0.620. The normalized spacial score (nSPS) is 10.7. The molecule has 1 aromatic carbocycles. The Kier molecular flexibility index (Phi) is 5.02. The number of hydrogen-bond donors (Lipinski definition) is 1. The molecule has 0 bridgehead atoms. The van der Waals surface area contributed by atoms with E-state index >= 15 is 0 Å². The number of ether oxygens (including phenoxy) is 1. The molecule has 0 unspecified atom stereocenters. The van der Waals surface area contributed by atoms with Gasteiger partial charge in [-0.25, -0.2) is 4.68 Å². The molecular formula is C17H17N3O4. The Balaban J connectivity index is 1.64. The Morgan fingerprint density at radius 3 is 2.83 bits per heavy atom. The number of hydrogen-bond acceptors (Lipinski definition) is 6. The van der Waals surface area contributed by atoms with E-state index in [4.69, 9.17) is 14.3 Å². The predicted octanol–water partition coefficient (Wildman–Crippen LogP) is 1.39. The van der Waals surface area contributed by atoms with Gasteiger partial charge in [-0.15, -0.1) is 5.10 Å². The zero-order chi connectivity index (χ0) is 16.8. The van der Waals surface area contributed by atoms with Gasteiger partial charge in [-0.05, 0) is 5.56 Å². The molecule has 0 amide bonds. The van der Waals surface area contributed by atoms with E-state index in [2.05, 4.69) is 10.3 Å². The molecule has 2 aromatic heterocycles. The number of nitrogens with zero attached hydrogens (tertiary/aromatic N) is 3. The van der Waals surface area contributed by atoms with Crippen molar-refractivity contribution in [3.63, 3.8) is 0 Å². The third-order valence-corrected chi connectivity index (χ3v) is 3.36. The highest BCUT2D eigenvalue weighted by molar-refractivity contribution is 5.20. The average Bonchev–Trinajstić information content (AvgIpc) is 3.02. The van der Waals surface area contributed by atoms with Gasteiger partial charge in [0.1, 0.15) is 25.2 Å². The fourth-order valence-corrected chi connectivity index (χ4v) is 2.17. The van der Waals surface area contributed by atoms with Crippen LogP contribution in [-0.4, -0.2) is 26.7 Å². The molecule has 3 rings (SSSR count). The van der Waals surface area contributed by atoms with E-state index in [9.17, 15) is 4.79 Å². The van der Waals surface area contributed by atoms with Crippen LogP contribution in [0.5, 0.6) is 5.75 Å². The van der Waals surface area contributed by atoms with E-state index < -0.39 is 0 Å². The Morgan fingerprint density at radius 2 is 2.08 bits per heavy atom. The van der Waals surface area contributed by atoms with Crippen molar-refractivity contribution in [3.05, 3.63) is 76.1 Å². The number of aliphatic hydroxyl groups excluding tert-OH is 1. The van der Waals surface area contributed by atoms with Crippen LogP contribution in [0.4, 0.5) is 0 Å². The first-order chi connectivity index (χ1) is 11.7. The van der Waals surface area contributed by atoms with Gasteiger partial charge in [0.05, 0.1) is 5.69 Å². The topological polar surface area (TPSA) is 90.4 Å². The molecule has 1 N–H and O–H groups in total. The van der Waals surface area contributed by atoms with Crippen LogP contribution in [-0.2, 0) is 19.6 Å². The zero-order valence-electron chi connectivity index (χ0n) is 13.0. The van der Waals surface area contributed by atoms with Crippen molar-refractivity contribution >= 4 is 0 Å². The molecule has 0 aliphatic carbocycles. The van der Waals surface area contributed by atoms with E-state index in [0.29, 0.717) is 24.5 Å². The van der Waals surface area contributed by atoms with E-state index in [1.807, 2.05) is 30.3 Å². The number of benzene rings is 1. The van der Waals surface area contributed by atoms with Gasteiger partial charge in [-0.3, -0.25) is 4.79 Å². The molecular weight excluding hydrogens is 310 g/mol. The lowest BCUT2D eigenvalue weighted by atomic mass is 10.2. The van der Waals surface area contributed by atoms with Crippen LogP contribution in [0.15, 0.2) is 58.1 Å². The molecule has 3 aromatic rings. The molecule has 124 valence electrons. The van der Waals surface area contributed by atoms with E-state index in [1.54, 1.807) is 10.9 Å². The quantitative estimate of drug-likeness (QED) is 0.705. The molecule has 7 nitrogen and oxygen atoms in total. The van der Waals surface area contributed by atoms with Crippen LogP contribution in [0.2, 0.25) is 0 Å². The van der Waals surface area contributed by atoms with Gasteiger partial charge in [0, 0.05) is 25.3 Å². The summed E-state index contributed by atoms with van der Waals surface area (Å²) in [7, 11) is 0. The largest absolute Gasteiger partial charge is 0.482 e. The van der Waals surface area contributed by atoms with Gasteiger partial charge in [-0.2, -0.15) is 0 Å². The summed E-state index contributed by atoms with van der Waals surface area (Å²) < 4.78 is 12.5. The van der Waals surface area contributed by atoms with Crippen molar-refractivity contribution in [2.75, 3.05) is 6.61 Å². The first kappa shape index (κ1) is 15.9. The Morgan fingerprint density at radius 1 is 1.25 bits per heavy atom. The first-order valence-corrected chi connectivity index (χ1v) is 7.53. The van der Waals surface area contributed by atoms with Crippen LogP contribution >= 0.6 is 0 Å². The van der Waals surface area contributed by atoms with Crippen LogP contribution in [0.3, 0.4) is 0 Å². The van der Waals surface area contributed by atoms with Crippen molar-refractivity contribution in [1.29, 1.82) is 0 Å². The molecule has 0 atom stereocenters. The fraction of sp³-hybridized carbons (Fsp3) is 0.235. The van der Waals surface area contributed by atoms with Crippen LogP contribution in [0.1, 0.15) is 17.0 Å². The van der Waals surface area contributed by atoms with E-state index in [0.717, 1.165) is 5.56 Å². The summed E-state index contributed by atoms with van der Waals surface area (Å²) in [6.45, 7) is 0.604. The zero-order valence-corrected chi connectivity index (χ0v) is 13.0. The minimum atomic E-state index is -0.247. The van der Waals surface area contributed by atoms with Gasteiger partial charge in [0.2, 0.25) is 11.2 Å². The molecule has 0 spiro atoms. The van der Waals surface area contributed by atoms with Crippen molar-refractivity contribution in [2.24, 2.45) is 0 Å². The molecule has 0 aliphatic heterocycles. The van der Waals surface area contributed by atoms with Crippen molar-refractivity contribution < 1.29 is 14.3 Å². The lowest BCUT2D eigenvalue weighted by molar-refractivity contribution is 0.288. The minimum Gasteiger partial charge on any atom is -0.482 e. The van der Waals surface area contributed by atoms with Gasteiger partial charge in [0.25, 0.3) is 0 Å². The summed E-state index contributed by atoms with van der Waals surface area (Å²) in [6, 6.07) is 11.0. The first-order valence-electron chi connectivity index (χ1n) is 7.53. The summed E-state index contributed by atoms with van der Waals surface area (Å²) in [4.78, 5) is 12.1. The maximum atomic E-state index is 12.1. The fourth-order valence-electron chi connectivity index (χ4n) is 2.17. The highest BCUT2D eigenvalue weighted by Crippen LogP contribution is 2.10. The number of rotatable bonds is 7. The number of aliphatic hydroxyl groups is 1. The molecule has 2 heterocycles. The Bertz CT molecular complexity index is 842. The second-order valence-electron chi connectivity index (χ2n) is 5.23. The van der Waals surface area contributed by atoms with Gasteiger partial charge < -0.3 is 14.3 Å². The highest BCUT2D eigenvalue weighted by Gasteiger charge is 2.07. The minimum absolute atomic E-state index is 0.0151. The molecule has 0 fully saturated rings. The predicted molar refractivity (Wildman–Crippen MR) is 85.7 cm³/mol. The Hall–Kier alpha value is -2.93. The van der Waals surface area contributed by atoms with E-state index in [-0.39, 0.29) is 24.3 Å². The highest BCUT2D eigenvalue weighted by atomic mass is 16.5. The van der Waals surface area contributed by atoms with E-state index in [1.165, 1.54) is 12.3 Å². The lowest BCUT2D eigenvalue weighted by Crippen LogP contribution is -2.10. The smallest absolute Gasteiger partial charge is 0.227 e. The summed E-state index contributed by atoms with van der Waals surface area (Å²) in [6.07, 6.45) is 3.46. The monoisotopic (exact) mass is 327 g/mol. The summed E-state index contributed by atoms with van der Waals surface area (Å²) in [5.41, 5.74) is 1.41. The second-order valence-corrected chi connectivity index (χ2v) is 5.23. The second kappa shape index (κ2) is 7.56. The molecule has 7 heteroatoms. The van der Waals surface area contributed by atoms with Gasteiger partial charge >= 0.3 is 0 Å². The molecule has 0 radical (unpaired) electrons. The van der Waals surface area contributed by atoms with Crippen molar-refractivity contribution in [1.82, 2.24) is 15.0 Å². The maximum Gasteiger partial charge on any atom is 0.227 e.